The number of nitrogens with one attached hydrogen (secondary N) is 2. The van der Waals surface area contributed by atoms with Gasteiger partial charge in [-0.15, -0.1) is 0 Å². The molecule has 1 aromatic carbocycles. The van der Waals surface area contributed by atoms with Gasteiger partial charge in [0, 0.05) is 6.54 Å². The number of nitrogens with zero attached hydrogens (tertiary/aromatic N) is 3. The van der Waals surface area contributed by atoms with Crippen LogP contribution in [0.5, 0.6) is 0 Å². The second-order valence-corrected chi connectivity index (χ2v) is 7.10. The predicted molar refractivity (Wildman–Crippen MR) is 103 cm³/mol. The molecule has 0 fully saturated rings. The molecule has 0 bridgehead atoms. The highest BCUT2D eigenvalue weighted by Crippen LogP contribution is 2.26. The van der Waals surface area contributed by atoms with E-state index in [1.807, 2.05) is 26.8 Å². The maximum absolute atomic E-state index is 12.9. The average molecular weight is 418 g/mol. The van der Waals surface area contributed by atoms with Crippen LogP contribution >= 0.6 is 15.9 Å². The van der Waals surface area contributed by atoms with Crippen LogP contribution in [-0.4, -0.2) is 37.5 Å². The van der Waals surface area contributed by atoms with Gasteiger partial charge in [-0.3, -0.25) is 14.7 Å². The van der Waals surface area contributed by atoms with Crippen LogP contribution in [0.4, 0.5) is 0 Å². The molecule has 0 radical (unpaired) electrons. The summed E-state index contributed by atoms with van der Waals surface area (Å²) in [6.07, 6.45) is 0. The Bertz CT molecular complexity index is 1010. The summed E-state index contributed by atoms with van der Waals surface area (Å²) in [6, 6.07) is 7.13. The number of para-hydroxylation sites is 1. The molecular formula is C18H20BrN5O2. The van der Waals surface area contributed by atoms with Crippen LogP contribution in [0.1, 0.15) is 48.7 Å². The van der Waals surface area contributed by atoms with E-state index >= 15 is 0 Å². The molecule has 0 saturated carbocycles. The Morgan fingerprint density at radius 3 is 2.69 bits per heavy atom. The number of fused-ring (bicyclic) bond motifs is 1. The molecule has 0 aliphatic heterocycles. The predicted octanol–water partition coefficient (Wildman–Crippen LogP) is 3.19. The number of carbonyl (C=O) groups is 1. The summed E-state index contributed by atoms with van der Waals surface area (Å²) in [4.78, 5) is 33.9. The van der Waals surface area contributed by atoms with Crippen molar-refractivity contribution in [2.75, 3.05) is 6.54 Å². The molecule has 0 spiro atoms. The topological polar surface area (TPSA) is 94.7 Å². The van der Waals surface area contributed by atoms with Crippen LogP contribution in [0.2, 0.25) is 0 Å². The van der Waals surface area contributed by atoms with E-state index in [9.17, 15) is 9.59 Å². The van der Waals surface area contributed by atoms with Crippen molar-refractivity contribution in [3.63, 3.8) is 0 Å². The van der Waals surface area contributed by atoms with E-state index in [2.05, 4.69) is 36.1 Å². The molecule has 2 N–H and O–H groups in total. The molecule has 0 unspecified atom stereocenters. The van der Waals surface area contributed by atoms with Crippen molar-refractivity contribution in [2.45, 2.75) is 33.2 Å². The lowest BCUT2D eigenvalue weighted by atomic mass is 10.1. The lowest BCUT2D eigenvalue weighted by Crippen LogP contribution is -2.32. The highest BCUT2D eigenvalue weighted by atomic mass is 79.9. The number of aromatic amines is 2. The van der Waals surface area contributed by atoms with Crippen LogP contribution in [0.25, 0.3) is 10.9 Å². The Labute approximate surface area is 159 Å². The van der Waals surface area contributed by atoms with Crippen molar-refractivity contribution in [1.29, 1.82) is 0 Å². The van der Waals surface area contributed by atoms with Gasteiger partial charge < -0.3 is 9.88 Å². The number of rotatable bonds is 5. The average Bonchev–Trinajstić information content (AvgIpc) is 3.01. The summed E-state index contributed by atoms with van der Waals surface area (Å²) in [7, 11) is 0. The molecule has 26 heavy (non-hydrogen) atoms. The largest absolute Gasteiger partial charge is 0.330 e. The quantitative estimate of drug-likeness (QED) is 0.666. The molecule has 136 valence electrons. The van der Waals surface area contributed by atoms with Crippen molar-refractivity contribution in [1.82, 2.24) is 25.1 Å². The van der Waals surface area contributed by atoms with E-state index in [0.29, 0.717) is 33.4 Å². The highest BCUT2D eigenvalue weighted by molar-refractivity contribution is 9.10. The molecule has 2 heterocycles. The minimum atomic E-state index is -0.224. The summed E-state index contributed by atoms with van der Waals surface area (Å²) < 4.78 is 0.677. The number of amides is 1. The molecule has 0 aliphatic carbocycles. The number of benzene rings is 1. The van der Waals surface area contributed by atoms with Gasteiger partial charge >= 0.3 is 0 Å². The summed E-state index contributed by atoms with van der Waals surface area (Å²) in [5.74, 6) is 0.435. The Balaban J connectivity index is 1.90. The maximum atomic E-state index is 12.9. The molecule has 8 heteroatoms. The smallest absolute Gasteiger partial charge is 0.275 e. The van der Waals surface area contributed by atoms with Crippen molar-refractivity contribution < 1.29 is 4.79 Å². The molecule has 3 aromatic rings. The first kappa shape index (κ1) is 18.3. The zero-order valence-electron chi connectivity index (χ0n) is 14.8. The minimum absolute atomic E-state index is 0.200. The Morgan fingerprint density at radius 1 is 1.31 bits per heavy atom. The first-order valence-electron chi connectivity index (χ1n) is 8.43. The number of halogens is 1. The molecule has 2 aromatic heterocycles. The van der Waals surface area contributed by atoms with Crippen molar-refractivity contribution in [3.8, 4) is 0 Å². The molecule has 3 rings (SSSR count). The van der Waals surface area contributed by atoms with Crippen LogP contribution in [0.3, 0.4) is 0 Å². The Morgan fingerprint density at radius 2 is 2.04 bits per heavy atom. The molecule has 0 atom stereocenters. The van der Waals surface area contributed by atoms with Gasteiger partial charge in [0.05, 0.1) is 27.6 Å². The Kier molecular flexibility index (Phi) is 5.22. The van der Waals surface area contributed by atoms with E-state index in [1.54, 1.807) is 23.1 Å². The number of carbonyl (C=O) groups excluding carboxylic acids is 1. The normalized spacial score (nSPS) is 11.3. The van der Waals surface area contributed by atoms with E-state index < -0.39 is 0 Å². The maximum Gasteiger partial charge on any atom is 0.275 e. The minimum Gasteiger partial charge on any atom is -0.330 e. The highest BCUT2D eigenvalue weighted by Gasteiger charge is 2.24. The monoisotopic (exact) mass is 417 g/mol. The van der Waals surface area contributed by atoms with Gasteiger partial charge in [0.1, 0.15) is 5.82 Å². The second kappa shape index (κ2) is 7.41. The number of hydrogen-bond donors (Lipinski definition) is 2. The zero-order valence-corrected chi connectivity index (χ0v) is 16.4. The summed E-state index contributed by atoms with van der Waals surface area (Å²) in [5, 5.41) is 7.60. The molecular weight excluding hydrogens is 398 g/mol. The second-order valence-electron chi connectivity index (χ2n) is 6.30. The SMILES string of the molecule is CCN(Cc1nc2ccccc2c(=O)[nH]1)C(=O)c1n[nH]c(C(C)C)c1Br. The molecule has 0 saturated heterocycles. The number of hydrogen-bond acceptors (Lipinski definition) is 4. The van der Waals surface area contributed by atoms with Crippen molar-refractivity contribution in [2.24, 2.45) is 0 Å². The van der Waals surface area contributed by atoms with Crippen molar-refractivity contribution >= 4 is 32.7 Å². The van der Waals surface area contributed by atoms with E-state index in [4.69, 9.17) is 0 Å². The van der Waals surface area contributed by atoms with Crippen LogP contribution < -0.4 is 5.56 Å². The standard InChI is InChI=1S/C18H20BrN5O2/c1-4-24(18(26)16-14(19)15(10(2)3)22-23-16)9-13-20-12-8-6-5-7-11(12)17(25)21-13/h5-8,10H,4,9H2,1-3H3,(H,22,23)(H,20,21,25). The Hall–Kier alpha value is -2.48. The third-order valence-corrected chi connectivity index (χ3v) is 4.99. The van der Waals surface area contributed by atoms with Gasteiger partial charge in [0.2, 0.25) is 0 Å². The van der Waals surface area contributed by atoms with Gasteiger partial charge in [0.25, 0.3) is 11.5 Å². The fourth-order valence-electron chi connectivity index (χ4n) is 2.73. The number of H-pyrrole nitrogens is 2. The van der Waals surface area contributed by atoms with Gasteiger partial charge in [-0.05, 0) is 40.9 Å². The zero-order chi connectivity index (χ0) is 18.8. The van der Waals surface area contributed by atoms with E-state index in [0.717, 1.165) is 5.69 Å². The fourth-order valence-corrected chi connectivity index (χ4v) is 3.54. The summed E-state index contributed by atoms with van der Waals surface area (Å²) >= 11 is 3.46. The first-order chi connectivity index (χ1) is 12.4. The third kappa shape index (κ3) is 3.41. The third-order valence-electron chi connectivity index (χ3n) is 4.18. The summed E-state index contributed by atoms with van der Waals surface area (Å²) in [5.41, 5.74) is 1.61. The van der Waals surface area contributed by atoms with Crippen LogP contribution in [-0.2, 0) is 6.54 Å². The van der Waals surface area contributed by atoms with Gasteiger partial charge in [0.15, 0.2) is 5.69 Å². The van der Waals surface area contributed by atoms with Crippen LogP contribution in [0, 0.1) is 0 Å². The van der Waals surface area contributed by atoms with Crippen molar-refractivity contribution in [3.05, 3.63) is 56.3 Å². The van der Waals surface area contributed by atoms with Gasteiger partial charge in [-0.2, -0.15) is 5.10 Å². The molecule has 1 amide bonds. The lowest BCUT2D eigenvalue weighted by Gasteiger charge is -2.19. The molecule has 7 nitrogen and oxygen atoms in total. The lowest BCUT2D eigenvalue weighted by molar-refractivity contribution is 0.0741. The molecule has 0 aliphatic rings. The van der Waals surface area contributed by atoms with E-state index in [-0.39, 0.29) is 23.9 Å². The summed E-state index contributed by atoms with van der Waals surface area (Å²) in [6.45, 7) is 6.58. The van der Waals surface area contributed by atoms with Gasteiger partial charge in [-0.25, -0.2) is 4.98 Å². The fraction of sp³-hybridized carbons (Fsp3) is 0.333. The first-order valence-corrected chi connectivity index (χ1v) is 9.22. The van der Waals surface area contributed by atoms with E-state index in [1.165, 1.54) is 0 Å². The van der Waals surface area contributed by atoms with Crippen LogP contribution in [0.15, 0.2) is 33.5 Å². The number of aromatic nitrogens is 4. The van der Waals surface area contributed by atoms with Gasteiger partial charge in [-0.1, -0.05) is 26.0 Å².